The summed E-state index contributed by atoms with van der Waals surface area (Å²) in [5.74, 6) is 0.618. The van der Waals surface area contributed by atoms with Crippen LogP contribution >= 0.6 is 11.6 Å². The average molecular weight is 411 g/mol. The number of nitrogens with zero attached hydrogens (tertiary/aromatic N) is 2. The van der Waals surface area contributed by atoms with Gasteiger partial charge in [-0.3, -0.25) is 4.79 Å². The fraction of sp³-hybridized carbons (Fsp3) is 0.227. The van der Waals surface area contributed by atoms with Gasteiger partial charge in [0.1, 0.15) is 6.20 Å². The number of carbonyl (C=O) groups excluding carboxylic acids is 2. The molecule has 0 radical (unpaired) electrons. The minimum Gasteiger partial charge on any atom is -0.465 e. The van der Waals surface area contributed by atoms with Crippen molar-refractivity contribution in [3.05, 3.63) is 71.1 Å². The number of imidazole rings is 1. The molecule has 29 heavy (non-hydrogen) atoms. The van der Waals surface area contributed by atoms with Crippen LogP contribution in [0.25, 0.3) is 11.3 Å². The Hall–Kier alpha value is -3.12. The third kappa shape index (κ3) is 4.03. The summed E-state index contributed by atoms with van der Waals surface area (Å²) in [6, 6.07) is 14.4. The van der Waals surface area contributed by atoms with Crippen molar-refractivity contribution in [3.63, 3.8) is 0 Å². The number of nitrogens with one attached hydrogen (secondary N) is 1. The van der Waals surface area contributed by atoms with Crippen LogP contribution in [0.5, 0.6) is 0 Å². The number of esters is 1. The Labute approximate surface area is 173 Å². The number of aromatic nitrogens is 2. The predicted molar refractivity (Wildman–Crippen MR) is 110 cm³/mol. The Balaban J connectivity index is 1.51. The third-order valence-corrected chi connectivity index (χ3v) is 5.29. The van der Waals surface area contributed by atoms with Crippen LogP contribution in [0, 0.1) is 0 Å². The molecule has 1 aliphatic rings. The van der Waals surface area contributed by atoms with Gasteiger partial charge in [-0.25, -0.2) is 13.9 Å². The summed E-state index contributed by atoms with van der Waals surface area (Å²) in [4.78, 5) is 24.1. The number of hydrogen-bond donors (Lipinski definition) is 1. The summed E-state index contributed by atoms with van der Waals surface area (Å²) >= 11 is 6.01. The van der Waals surface area contributed by atoms with E-state index in [2.05, 4.69) is 14.6 Å². The highest BCUT2D eigenvalue weighted by atomic mass is 35.5. The van der Waals surface area contributed by atoms with E-state index in [9.17, 15) is 9.59 Å². The molecule has 0 unspecified atom stereocenters. The van der Waals surface area contributed by atoms with Crippen molar-refractivity contribution in [2.45, 2.75) is 25.9 Å². The second kappa shape index (κ2) is 8.09. The maximum Gasteiger partial charge on any atom is 0.337 e. The van der Waals surface area contributed by atoms with Crippen molar-refractivity contribution in [2.24, 2.45) is 0 Å². The second-order valence-electron chi connectivity index (χ2n) is 6.94. The van der Waals surface area contributed by atoms with Crippen LogP contribution in [-0.4, -0.2) is 23.6 Å². The second-order valence-corrected chi connectivity index (χ2v) is 7.37. The molecule has 148 valence electrons. The number of amides is 1. The van der Waals surface area contributed by atoms with Crippen molar-refractivity contribution in [1.82, 2.24) is 4.57 Å². The normalized spacial score (nSPS) is 12.5. The lowest BCUT2D eigenvalue weighted by molar-refractivity contribution is -0.690. The molecule has 0 fully saturated rings. The molecule has 0 atom stereocenters. The summed E-state index contributed by atoms with van der Waals surface area (Å²) in [6.45, 7) is 1.17. The minimum absolute atomic E-state index is 0.122. The van der Waals surface area contributed by atoms with Gasteiger partial charge in [-0.15, -0.1) is 0 Å². The lowest BCUT2D eigenvalue weighted by atomic mass is 10.2. The monoisotopic (exact) mass is 410 g/mol. The molecule has 2 heterocycles. The third-order valence-electron chi connectivity index (χ3n) is 5.04. The zero-order chi connectivity index (χ0) is 20.4. The Morgan fingerprint density at radius 1 is 1.14 bits per heavy atom. The molecule has 1 amide bonds. The van der Waals surface area contributed by atoms with Gasteiger partial charge in [0.25, 0.3) is 11.7 Å². The van der Waals surface area contributed by atoms with E-state index in [1.807, 2.05) is 35.0 Å². The summed E-state index contributed by atoms with van der Waals surface area (Å²) in [5.41, 5.74) is 3.24. The van der Waals surface area contributed by atoms with Crippen molar-refractivity contribution in [2.75, 3.05) is 12.4 Å². The average Bonchev–Trinajstić information content (AvgIpc) is 3.33. The first-order chi connectivity index (χ1) is 14.0. The number of methoxy groups -OCH3 is 1. The number of rotatable bonds is 5. The van der Waals surface area contributed by atoms with Gasteiger partial charge < -0.3 is 10.1 Å². The van der Waals surface area contributed by atoms with Crippen molar-refractivity contribution >= 4 is 29.2 Å². The molecule has 1 N–H and O–H groups in total. The van der Waals surface area contributed by atoms with E-state index >= 15 is 0 Å². The Kier molecular flexibility index (Phi) is 5.36. The van der Waals surface area contributed by atoms with E-state index in [1.165, 1.54) is 7.11 Å². The van der Waals surface area contributed by atoms with Gasteiger partial charge in [-0.2, -0.15) is 0 Å². The van der Waals surface area contributed by atoms with Gasteiger partial charge in [0, 0.05) is 16.3 Å². The van der Waals surface area contributed by atoms with Crippen LogP contribution in [0.15, 0.2) is 54.7 Å². The summed E-state index contributed by atoms with van der Waals surface area (Å²) in [7, 11) is 1.34. The predicted octanol–water partition coefficient (Wildman–Crippen LogP) is 3.47. The van der Waals surface area contributed by atoms with Gasteiger partial charge in [0.2, 0.25) is 0 Å². The zero-order valence-electron chi connectivity index (χ0n) is 16.0. The van der Waals surface area contributed by atoms with Crippen LogP contribution in [-0.2, 0) is 29.0 Å². The zero-order valence-corrected chi connectivity index (χ0v) is 16.8. The first kappa shape index (κ1) is 19.2. The molecular formula is C22H21ClN3O3+. The van der Waals surface area contributed by atoms with Gasteiger partial charge in [-0.05, 0) is 55.0 Å². The topological polar surface area (TPSA) is 64.2 Å². The van der Waals surface area contributed by atoms with E-state index in [-0.39, 0.29) is 12.5 Å². The largest absolute Gasteiger partial charge is 0.465 e. The van der Waals surface area contributed by atoms with Gasteiger partial charge in [0.05, 0.1) is 25.6 Å². The highest BCUT2D eigenvalue weighted by molar-refractivity contribution is 6.30. The molecule has 0 spiro atoms. The molecule has 1 aliphatic heterocycles. The molecule has 0 aliphatic carbocycles. The van der Waals surface area contributed by atoms with Crippen molar-refractivity contribution in [3.8, 4) is 11.3 Å². The van der Waals surface area contributed by atoms with Gasteiger partial charge in [0.15, 0.2) is 12.2 Å². The van der Waals surface area contributed by atoms with Crippen LogP contribution in [0.4, 0.5) is 5.69 Å². The minimum atomic E-state index is -0.405. The molecule has 0 bridgehead atoms. The van der Waals surface area contributed by atoms with E-state index in [4.69, 9.17) is 11.6 Å². The van der Waals surface area contributed by atoms with Crippen molar-refractivity contribution < 1.29 is 18.9 Å². The smallest absolute Gasteiger partial charge is 0.337 e. The van der Waals surface area contributed by atoms with Crippen LogP contribution in [0.2, 0.25) is 5.02 Å². The number of benzene rings is 2. The summed E-state index contributed by atoms with van der Waals surface area (Å²) in [6.07, 6.45) is 4.03. The molecule has 0 saturated carbocycles. The quantitative estimate of drug-likeness (QED) is 0.517. The SMILES string of the molecule is COC(=O)c1ccc(NC(=O)C[n+]2cc(-c3ccc(Cl)cc3)n3c2CCC3)cc1. The Morgan fingerprint density at radius 2 is 1.86 bits per heavy atom. The van der Waals surface area contributed by atoms with E-state index in [0.29, 0.717) is 16.3 Å². The fourth-order valence-corrected chi connectivity index (χ4v) is 3.79. The maximum atomic E-state index is 12.6. The lowest BCUT2D eigenvalue weighted by Gasteiger charge is -2.05. The molecule has 1 aromatic heterocycles. The number of anilines is 1. The Morgan fingerprint density at radius 3 is 2.55 bits per heavy atom. The number of fused-ring (bicyclic) bond motifs is 1. The van der Waals surface area contributed by atoms with Crippen molar-refractivity contribution in [1.29, 1.82) is 0 Å². The molecule has 7 heteroatoms. The summed E-state index contributed by atoms with van der Waals surface area (Å²) in [5, 5.41) is 3.58. The van der Waals surface area contributed by atoms with E-state index in [1.54, 1.807) is 24.3 Å². The summed E-state index contributed by atoms with van der Waals surface area (Å²) < 4.78 is 8.96. The standard InChI is InChI=1S/C22H20ClN3O3/c1-29-22(28)16-6-10-18(11-7-16)24-20(27)14-25-13-19(26-12-2-3-21(25)26)15-4-8-17(23)9-5-15/h4-11,13H,2-3,12,14H2,1H3/p+1. The van der Waals surface area contributed by atoms with Crippen LogP contribution in [0.3, 0.4) is 0 Å². The first-order valence-electron chi connectivity index (χ1n) is 9.41. The molecule has 6 nitrogen and oxygen atoms in total. The number of carbonyl (C=O) groups is 2. The number of halogens is 1. The van der Waals surface area contributed by atoms with Gasteiger partial charge >= 0.3 is 5.97 Å². The highest BCUT2D eigenvalue weighted by Gasteiger charge is 2.29. The van der Waals surface area contributed by atoms with E-state index < -0.39 is 5.97 Å². The number of ether oxygens (including phenoxy) is 1. The number of hydrogen-bond acceptors (Lipinski definition) is 3. The molecular weight excluding hydrogens is 390 g/mol. The Bertz CT molecular complexity index is 1060. The molecule has 0 saturated heterocycles. The molecule has 2 aromatic carbocycles. The van der Waals surface area contributed by atoms with Crippen LogP contribution in [0.1, 0.15) is 22.6 Å². The fourth-order valence-electron chi connectivity index (χ4n) is 3.66. The first-order valence-corrected chi connectivity index (χ1v) is 9.79. The highest BCUT2D eigenvalue weighted by Crippen LogP contribution is 2.26. The lowest BCUT2D eigenvalue weighted by Crippen LogP contribution is -2.42. The maximum absolute atomic E-state index is 12.6. The van der Waals surface area contributed by atoms with E-state index in [0.717, 1.165) is 36.5 Å². The van der Waals surface area contributed by atoms with Gasteiger partial charge in [-0.1, -0.05) is 11.6 Å². The molecule has 4 rings (SSSR count). The molecule has 3 aromatic rings. The van der Waals surface area contributed by atoms with Crippen LogP contribution < -0.4 is 9.88 Å².